The maximum absolute atomic E-state index is 11.5. The Labute approximate surface area is 172 Å². The number of nitrogens with one attached hydrogen (secondary N) is 3. The van der Waals surface area contributed by atoms with Gasteiger partial charge in [0.15, 0.2) is 0 Å². The summed E-state index contributed by atoms with van der Waals surface area (Å²) in [5, 5.41) is 16.4. The topological polar surface area (TPSA) is 156 Å². The van der Waals surface area contributed by atoms with Crippen LogP contribution in [0.15, 0.2) is 36.7 Å². The summed E-state index contributed by atoms with van der Waals surface area (Å²) in [6.07, 6.45) is 3.11. The molecule has 0 aliphatic carbocycles. The Kier molecular flexibility index (Phi) is 3.80. The van der Waals surface area contributed by atoms with Crippen molar-refractivity contribution >= 4 is 51.3 Å². The Morgan fingerprint density at radius 1 is 0.774 bits per heavy atom. The molecule has 6 rings (SSSR count). The maximum atomic E-state index is 11.5. The molecule has 0 atom stereocenters. The number of imide groups is 2. The number of hydrogen-bond donors (Lipinski definition) is 3. The van der Waals surface area contributed by atoms with Gasteiger partial charge in [-0.05, 0) is 24.3 Å². The Balaban J connectivity index is 0.000000134. The molecule has 0 fully saturated rings. The molecule has 2 aliphatic heterocycles. The van der Waals surface area contributed by atoms with Crippen molar-refractivity contribution in [3.05, 3.63) is 58.9 Å². The van der Waals surface area contributed by atoms with Crippen molar-refractivity contribution in [1.29, 1.82) is 0 Å². The first-order chi connectivity index (χ1) is 14.8. The third-order valence-electron chi connectivity index (χ3n) is 5.02. The van der Waals surface area contributed by atoms with E-state index in [9.17, 15) is 24.0 Å². The fraction of sp³-hybridized carbons (Fsp3) is 0.0500. The molecule has 2 aromatic heterocycles. The van der Waals surface area contributed by atoms with Gasteiger partial charge in [-0.15, -0.1) is 0 Å². The first kappa shape index (κ1) is 18.4. The minimum atomic E-state index is -0.441. The van der Waals surface area contributed by atoms with E-state index in [2.05, 4.69) is 25.9 Å². The molecule has 4 amide bonds. The molecule has 4 heterocycles. The Morgan fingerprint density at radius 2 is 1.32 bits per heavy atom. The van der Waals surface area contributed by atoms with Crippen LogP contribution in [0.2, 0.25) is 0 Å². The number of H-pyrrole nitrogens is 1. The van der Waals surface area contributed by atoms with Crippen molar-refractivity contribution in [1.82, 2.24) is 30.6 Å². The standard InChI is InChI=1S/C11H7N3O3.C9H5N3O2/c1-5(15)14-9-3-8-7(2-6(9)4-12-14)10(16)13-11(8)17;13-8-5-1-4-3-10-12-7(4)2-6(5)9(14)11-8/h2-4H,1H3,(H,13,16,17);1-3H,(H,10,12)(H,11,13,14). The zero-order valence-corrected chi connectivity index (χ0v) is 15.8. The number of fused-ring (bicyclic) bond motifs is 4. The van der Waals surface area contributed by atoms with Gasteiger partial charge in [0.25, 0.3) is 23.6 Å². The molecule has 0 saturated heterocycles. The normalized spacial score (nSPS) is 14.2. The van der Waals surface area contributed by atoms with Crippen molar-refractivity contribution in [2.24, 2.45) is 0 Å². The summed E-state index contributed by atoms with van der Waals surface area (Å²) in [5.41, 5.74) is 2.72. The van der Waals surface area contributed by atoms with Gasteiger partial charge in [0.1, 0.15) is 0 Å². The zero-order chi connectivity index (χ0) is 21.9. The van der Waals surface area contributed by atoms with E-state index >= 15 is 0 Å². The largest absolute Gasteiger partial charge is 0.288 e. The average Bonchev–Trinajstić information content (AvgIpc) is 3.48. The molecule has 2 aromatic carbocycles. The van der Waals surface area contributed by atoms with Crippen molar-refractivity contribution in [3.8, 4) is 0 Å². The second kappa shape index (κ2) is 6.42. The van der Waals surface area contributed by atoms with Crippen LogP contribution in [0, 0.1) is 0 Å². The molecule has 0 radical (unpaired) electrons. The highest BCUT2D eigenvalue weighted by Crippen LogP contribution is 2.24. The fourth-order valence-electron chi connectivity index (χ4n) is 3.54. The van der Waals surface area contributed by atoms with Gasteiger partial charge in [-0.2, -0.15) is 10.2 Å². The Hall–Kier alpha value is -4.67. The molecule has 4 aromatic rings. The van der Waals surface area contributed by atoms with Crippen LogP contribution in [0.3, 0.4) is 0 Å². The molecule has 0 spiro atoms. The smallest absolute Gasteiger partial charge is 0.259 e. The van der Waals surface area contributed by atoms with E-state index in [1.54, 1.807) is 24.4 Å². The molecule has 11 heteroatoms. The molecule has 0 bridgehead atoms. The van der Waals surface area contributed by atoms with E-state index in [1.807, 2.05) is 0 Å². The number of hydrogen-bond acceptors (Lipinski definition) is 7. The Bertz CT molecular complexity index is 1450. The van der Waals surface area contributed by atoms with Gasteiger partial charge >= 0.3 is 0 Å². The van der Waals surface area contributed by atoms with Gasteiger partial charge in [0, 0.05) is 17.7 Å². The minimum Gasteiger partial charge on any atom is -0.288 e. The third-order valence-corrected chi connectivity index (χ3v) is 5.02. The third kappa shape index (κ3) is 2.79. The number of carbonyl (C=O) groups excluding carboxylic acids is 5. The number of carbonyl (C=O) groups is 5. The number of benzene rings is 2. The first-order valence-electron chi connectivity index (χ1n) is 9.04. The van der Waals surface area contributed by atoms with Gasteiger partial charge in [-0.25, -0.2) is 4.68 Å². The predicted octanol–water partition coefficient (Wildman–Crippen LogP) is 1.03. The number of aromatic nitrogens is 4. The van der Waals surface area contributed by atoms with Crippen LogP contribution in [0.1, 0.15) is 53.2 Å². The van der Waals surface area contributed by atoms with Crippen LogP contribution in [0.25, 0.3) is 21.8 Å². The molecule has 2 aliphatic rings. The van der Waals surface area contributed by atoms with E-state index < -0.39 is 11.8 Å². The van der Waals surface area contributed by atoms with Crippen molar-refractivity contribution in [2.45, 2.75) is 6.92 Å². The van der Waals surface area contributed by atoms with Crippen molar-refractivity contribution in [3.63, 3.8) is 0 Å². The van der Waals surface area contributed by atoms with Gasteiger partial charge in [0.2, 0.25) is 5.91 Å². The summed E-state index contributed by atoms with van der Waals surface area (Å²) in [5.74, 6) is -1.79. The summed E-state index contributed by atoms with van der Waals surface area (Å²) < 4.78 is 1.20. The number of amides is 4. The molecule has 11 nitrogen and oxygen atoms in total. The highest BCUT2D eigenvalue weighted by Gasteiger charge is 2.28. The van der Waals surface area contributed by atoms with E-state index in [-0.39, 0.29) is 23.3 Å². The molecular formula is C20H12N6O5. The van der Waals surface area contributed by atoms with E-state index in [1.165, 1.54) is 23.9 Å². The van der Waals surface area contributed by atoms with Crippen LogP contribution < -0.4 is 10.6 Å². The number of rotatable bonds is 0. The highest BCUT2D eigenvalue weighted by atomic mass is 16.2. The van der Waals surface area contributed by atoms with Crippen molar-refractivity contribution < 1.29 is 24.0 Å². The summed E-state index contributed by atoms with van der Waals surface area (Å²) in [6, 6.07) is 6.38. The zero-order valence-electron chi connectivity index (χ0n) is 15.8. The van der Waals surface area contributed by atoms with Gasteiger partial charge in [-0.3, -0.25) is 39.7 Å². The SMILES string of the molecule is CC(=O)n1ncc2cc3c(cc21)C(=O)NC3=O.O=C1NC(=O)c2cc3[nH]ncc3cc21. The molecule has 0 saturated carbocycles. The fourth-order valence-corrected chi connectivity index (χ4v) is 3.54. The van der Waals surface area contributed by atoms with Crippen LogP contribution in [-0.2, 0) is 0 Å². The van der Waals surface area contributed by atoms with Crippen LogP contribution >= 0.6 is 0 Å². The van der Waals surface area contributed by atoms with Crippen LogP contribution in [0.4, 0.5) is 0 Å². The van der Waals surface area contributed by atoms with E-state index in [0.717, 1.165) is 10.9 Å². The van der Waals surface area contributed by atoms with E-state index in [4.69, 9.17) is 0 Å². The summed E-state index contributed by atoms with van der Waals surface area (Å²) in [4.78, 5) is 56.8. The van der Waals surface area contributed by atoms with Crippen LogP contribution in [0.5, 0.6) is 0 Å². The quantitative estimate of drug-likeness (QED) is 0.361. The van der Waals surface area contributed by atoms with Gasteiger partial charge < -0.3 is 0 Å². The monoisotopic (exact) mass is 416 g/mol. The highest BCUT2D eigenvalue weighted by molar-refractivity contribution is 6.23. The summed E-state index contributed by atoms with van der Waals surface area (Å²) in [6.45, 7) is 1.38. The molecule has 152 valence electrons. The molecule has 0 unspecified atom stereocenters. The van der Waals surface area contributed by atoms with Crippen molar-refractivity contribution in [2.75, 3.05) is 0 Å². The summed E-state index contributed by atoms with van der Waals surface area (Å²) >= 11 is 0. The number of nitrogens with zero attached hydrogens (tertiary/aromatic N) is 3. The molecule has 3 N–H and O–H groups in total. The lowest BCUT2D eigenvalue weighted by Gasteiger charge is -1.98. The van der Waals surface area contributed by atoms with Crippen LogP contribution in [-0.4, -0.2) is 49.5 Å². The second-order valence-corrected chi connectivity index (χ2v) is 6.95. The minimum absolute atomic E-state index is 0.246. The predicted molar refractivity (Wildman–Crippen MR) is 106 cm³/mol. The lowest BCUT2D eigenvalue weighted by atomic mass is 10.1. The Morgan fingerprint density at radius 3 is 1.94 bits per heavy atom. The second-order valence-electron chi connectivity index (χ2n) is 6.95. The molecular weight excluding hydrogens is 404 g/mol. The lowest BCUT2D eigenvalue weighted by Crippen LogP contribution is -2.19. The molecule has 31 heavy (non-hydrogen) atoms. The lowest BCUT2D eigenvalue weighted by molar-refractivity contribution is 0.0863. The van der Waals surface area contributed by atoms with Gasteiger partial charge in [-0.1, -0.05) is 0 Å². The number of aromatic amines is 1. The van der Waals surface area contributed by atoms with E-state index in [0.29, 0.717) is 27.6 Å². The average molecular weight is 416 g/mol. The maximum Gasteiger partial charge on any atom is 0.259 e. The summed E-state index contributed by atoms with van der Waals surface area (Å²) in [7, 11) is 0. The van der Waals surface area contributed by atoms with Gasteiger partial charge in [0.05, 0.1) is 45.7 Å². The first-order valence-corrected chi connectivity index (χ1v) is 9.04.